The predicted molar refractivity (Wildman–Crippen MR) is 56.6 cm³/mol. The molecule has 2 aromatic rings. The fraction of sp³-hybridized carbons (Fsp3) is 0.167. The van der Waals surface area contributed by atoms with E-state index in [0.29, 0.717) is 10.9 Å². The van der Waals surface area contributed by atoms with Crippen LogP contribution in [-0.4, -0.2) is 11.5 Å². The van der Waals surface area contributed by atoms with Crippen LogP contribution in [-0.2, 0) is 6.61 Å². The molecule has 90 valence electrons. The second-order valence-electron chi connectivity index (χ2n) is 3.51. The van der Waals surface area contributed by atoms with Crippen LogP contribution in [0, 0.1) is 0 Å². The molecule has 1 N–H and O–H groups in total. The molecular formula is C12H9F3O2. The van der Waals surface area contributed by atoms with Gasteiger partial charge in [0, 0.05) is 0 Å². The molecule has 0 saturated heterocycles. The number of hydrogen-bond donors (Lipinski definition) is 1. The zero-order chi connectivity index (χ0) is 12.5. The van der Waals surface area contributed by atoms with Crippen molar-refractivity contribution in [2.24, 2.45) is 0 Å². The van der Waals surface area contributed by atoms with Gasteiger partial charge in [0.1, 0.15) is 5.75 Å². The molecule has 0 radical (unpaired) electrons. The van der Waals surface area contributed by atoms with E-state index in [2.05, 4.69) is 4.74 Å². The first-order valence-corrected chi connectivity index (χ1v) is 4.88. The number of aliphatic hydroxyl groups excluding tert-OH is 1. The normalized spacial score (nSPS) is 11.8. The maximum absolute atomic E-state index is 12.1. The van der Waals surface area contributed by atoms with Crippen molar-refractivity contribution in [3.8, 4) is 5.75 Å². The topological polar surface area (TPSA) is 29.5 Å². The Kier molecular flexibility index (Phi) is 2.93. The molecule has 0 spiro atoms. The Morgan fingerprint density at radius 2 is 1.88 bits per heavy atom. The van der Waals surface area contributed by atoms with Gasteiger partial charge in [-0.3, -0.25) is 0 Å². The summed E-state index contributed by atoms with van der Waals surface area (Å²) in [5.74, 6) is -0.286. The minimum atomic E-state index is -4.71. The highest BCUT2D eigenvalue weighted by molar-refractivity contribution is 5.86. The number of hydrogen-bond acceptors (Lipinski definition) is 2. The molecule has 2 rings (SSSR count). The number of fused-ring (bicyclic) bond motifs is 1. The van der Waals surface area contributed by atoms with E-state index >= 15 is 0 Å². The molecule has 0 aliphatic rings. The van der Waals surface area contributed by atoms with Gasteiger partial charge in [0.05, 0.1) is 6.61 Å². The van der Waals surface area contributed by atoms with Gasteiger partial charge in [-0.1, -0.05) is 24.3 Å². The lowest BCUT2D eigenvalue weighted by atomic mass is 10.0. The Bertz CT molecular complexity index is 535. The van der Waals surface area contributed by atoms with E-state index in [4.69, 9.17) is 5.11 Å². The first kappa shape index (κ1) is 11.7. The van der Waals surface area contributed by atoms with Crippen molar-refractivity contribution in [3.63, 3.8) is 0 Å². The van der Waals surface area contributed by atoms with Crippen LogP contribution in [0.2, 0.25) is 0 Å². The zero-order valence-corrected chi connectivity index (χ0v) is 8.66. The zero-order valence-electron chi connectivity index (χ0n) is 8.66. The summed E-state index contributed by atoms with van der Waals surface area (Å²) in [5, 5.41) is 10.4. The van der Waals surface area contributed by atoms with Crippen LogP contribution in [0.5, 0.6) is 5.75 Å². The predicted octanol–water partition coefficient (Wildman–Crippen LogP) is 3.23. The second-order valence-corrected chi connectivity index (χ2v) is 3.51. The first-order chi connectivity index (χ1) is 7.99. The van der Waals surface area contributed by atoms with Gasteiger partial charge in [0.15, 0.2) is 0 Å². The lowest BCUT2D eigenvalue weighted by molar-refractivity contribution is -0.274. The average molecular weight is 242 g/mol. The molecule has 2 aromatic carbocycles. The summed E-state index contributed by atoms with van der Waals surface area (Å²) < 4.78 is 40.0. The maximum Gasteiger partial charge on any atom is 0.573 e. The molecule has 0 bridgehead atoms. The standard InChI is InChI=1S/C12H9F3O2/c13-12(14,15)17-10-5-4-8-2-1-3-9(7-16)11(8)6-10/h1-6,16H,7H2. The third kappa shape index (κ3) is 2.68. The molecule has 0 fully saturated rings. The second kappa shape index (κ2) is 4.25. The Morgan fingerprint density at radius 3 is 2.53 bits per heavy atom. The summed E-state index contributed by atoms with van der Waals surface area (Å²) >= 11 is 0. The van der Waals surface area contributed by atoms with Crippen LogP contribution in [0.1, 0.15) is 5.56 Å². The molecule has 0 amide bonds. The van der Waals surface area contributed by atoms with Crippen molar-refractivity contribution < 1.29 is 23.0 Å². The summed E-state index contributed by atoms with van der Waals surface area (Å²) in [6.07, 6.45) is -4.71. The van der Waals surface area contributed by atoms with Gasteiger partial charge in [-0.2, -0.15) is 0 Å². The van der Waals surface area contributed by atoms with Crippen molar-refractivity contribution in [2.75, 3.05) is 0 Å². The molecule has 0 aromatic heterocycles. The van der Waals surface area contributed by atoms with Crippen LogP contribution in [0.15, 0.2) is 36.4 Å². The van der Waals surface area contributed by atoms with Crippen molar-refractivity contribution in [1.29, 1.82) is 0 Å². The van der Waals surface area contributed by atoms with Gasteiger partial charge >= 0.3 is 6.36 Å². The Morgan fingerprint density at radius 1 is 1.12 bits per heavy atom. The van der Waals surface area contributed by atoms with Gasteiger partial charge in [-0.15, -0.1) is 13.2 Å². The van der Waals surface area contributed by atoms with Gasteiger partial charge in [0.2, 0.25) is 0 Å². The monoisotopic (exact) mass is 242 g/mol. The first-order valence-electron chi connectivity index (χ1n) is 4.88. The van der Waals surface area contributed by atoms with Gasteiger partial charge < -0.3 is 9.84 Å². The number of halogens is 3. The molecule has 17 heavy (non-hydrogen) atoms. The Hall–Kier alpha value is -1.75. The van der Waals surface area contributed by atoms with Crippen LogP contribution in [0.4, 0.5) is 13.2 Å². The van der Waals surface area contributed by atoms with E-state index in [0.717, 1.165) is 5.39 Å². The van der Waals surface area contributed by atoms with Gasteiger partial charge in [0.25, 0.3) is 0 Å². The lowest BCUT2D eigenvalue weighted by Gasteiger charge is -2.10. The maximum atomic E-state index is 12.1. The minimum Gasteiger partial charge on any atom is -0.406 e. The van der Waals surface area contributed by atoms with Crippen LogP contribution < -0.4 is 4.74 Å². The third-order valence-corrected chi connectivity index (χ3v) is 2.35. The lowest BCUT2D eigenvalue weighted by Crippen LogP contribution is -2.17. The molecule has 0 aliphatic carbocycles. The highest BCUT2D eigenvalue weighted by Gasteiger charge is 2.31. The van der Waals surface area contributed by atoms with E-state index in [1.54, 1.807) is 18.2 Å². The van der Waals surface area contributed by atoms with Gasteiger partial charge in [-0.25, -0.2) is 0 Å². The molecular weight excluding hydrogens is 233 g/mol. The van der Waals surface area contributed by atoms with Crippen LogP contribution in [0.3, 0.4) is 0 Å². The largest absolute Gasteiger partial charge is 0.573 e. The van der Waals surface area contributed by atoms with E-state index < -0.39 is 6.36 Å². The molecule has 5 heteroatoms. The summed E-state index contributed by atoms with van der Waals surface area (Å²) in [4.78, 5) is 0. The number of aliphatic hydroxyl groups is 1. The highest BCUT2D eigenvalue weighted by Crippen LogP contribution is 2.28. The molecule has 0 aliphatic heterocycles. The molecule has 2 nitrogen and oxygen atoms in total. The smallest absolute Gasteiger partial charge is 0.406 e. The summed E-state index contributed by atoms with van der Waals surface area (Å²) in [7, 11) is 0. The number of rotatable bonds is 2. The Balaban J connectivity index is 2.48. The van der Waals surface area contributed by atoms with E-state index in [1.165, 1.54) is 18.2 Å². The quantitative estimate of drug-likeness (QED) is 0.876. The Labute approximate surface area is 95.2 Å². The van der Waals surface area contributed by atoms with E-state index in [9.17, 15) is 13.2 Å². The van der Waals surface area contributed by atoms with Crippen molar-refractivity contribution in [3.05, 3.63) is 42.0 Å². The highest BCUT2D eigenvalue weighted by atomic mass is 19.4. The fourth-order valence-electron chi connectivity index (χ4n) is 1.65. The van der Waals surface area contributed by atoms with E-state index in [-0.39, 0.29) is 12.4 Å². The van der Waals surface area contributed by atoms with Crippen molar-refractivity contribution >= 4 is 10.8 Å². The molecule has 0 saturated carbocycles. The summed E-state index contributed by atoms with van der Waals surface area (Å²) in [6, 6.07) is 9.19. The number of benzene rings is 2. The fourth-order valence-corrected chi connectivity index (χ4v) is 1.65. The summed E-state index contributed by atoms with van der Waals surface area (Å²) in [6.45, 7) is -0.229. The van der Waals surface area contributed by atoms with E-state index in [1.807, 2.05) is 0 Å². The van der Waals surface area contributed by atoms with Crippen molar-refractivity contribution in [2.45, 2.75) is 13.0 Å². The van der Waals surface area contributed by atoms with Crippen LogP contribution >= 0.6 is 0 Å². The minimum absolute atomic E-state index is 0.229. The number of ether oxygens (including phenoxy) is 1. The summed E-state index contributed by atoms with van der Waals surface area (Å²) in [5.41, 5.74) is 0.565. The third-order valence-electron chi connectivity index (χ3n) is 2.35. The van der Waals surface area contributed by atoms with Gasteiger partial charge in [-0.05, 0) is 28.5 Å². The number of alkyl halides is 3. The average Bonchev–Trinajstić information content (AvgIpc) is 2.26. The molecule has 0 unspecified atom stereocenters. The van der Waals surface area contributed by atoms with Crippen LogP contribution in [0.25, 0.3) is 10.8 Å². The molecule has 0 atom stereocenters. The van der Waals surface area contributed by atoms with Crippen molar-refractivity contribution in [1.82, 2.24) is 0 Å². The molecule has 0 heterocycles. The SMILES string of the molecule is OCc1cccc2ccc(OC(F)(F)F)cc12.